The molecule has 2 N–H and O–H groups in total. The van der Waals surface area contributed by atoms with E-state index in [9.17, 15) is 0 Å². The lowest BCUT2D eigenvalue weighted by Crippen LogP contribution is -2.48. The van der Waals surface area contributed by atoms with Gasteiger partial charge in [-0.05, 0) is 58.0 Å². The smallest absolute Gasteiger partial charge is 0.0469 e. The summed E-state index contributed by atoms with van der Waals surface area (Å²) in [6, 6.07) is 0. The first-order chi connectivity index (χ1) is 7.68. The molecule has 0 atom stereocenters. The minimum absolute atomic E-state index is 0.184. The van der Waals surface area contributed by atoms with Gasteiger partial charge in [0.15, 0.2) is 0 Å². The van der Waals surface area contributed by atoms with Crippen LogP contribution >= 0.6 is 0 Å². The number of hydrogen-bond donors (Lipinski definition) is 1. The highest BCUT2D eigenvalue weighted by Crippen LogP contribution is 2.32. The summed E-state index contributed by atoms with van der Waals surface area (Å²) in [5, 5.41) is 0. The molecule has 3 heteroatoms. The summed E-state index contributed by atoms with van der Waals surface area (Å²) >= 11 is 0. The van der Waals surface area contributed by atoms with Gasteiger partial charge in [0.05, 0.1) is 0 Å². The fraction of sp³-hybridized carbons (Fsp3) is 1.00. The molecule has 0 amide bonds. The Morgan fingerprint density at radius 3 is 2.56 bits per heavy atom. The molecule has 2 rings (SSSR count). The lowest BCUT2D eigenvalue weighted by atomic mass is 9.75. The van der Waals surface area contributed by atoms with Crippen molar-refractivity contribution in [3.8, 4) is 0 Å². The summed E-state index contributed by atoms with van der Waals surface area (Å²) in [6.45, 7) is 4.30. The number of hydrogen-bond acceptors (Lipinski definition) is 3. The highest BCUT2D eigenvalue weighted by Gasteiger charge is 2.32. The van der Waals surface area contributed by atoms with Crippen molar-refractivity contribution in [3.05, 3.63) is 0 Å². The zero-order valence-electron chi connectivity index (χ0n) is 10.6. The van der Waals surface area contributed by atoms with Gasteiger partial charge in [-0.2, -0.15) is 0 Å². The first kappa shape index (κ1) is 12.3. The van der Waals surface area contributed by atoms with Gasteiger partial charge >= 0.3 is 0 Å². The van der Waals surface area contributed by atoms with Crippen LogP contribution in [0.15, 0.2) is 0 Å². The Hall–Kier alpha value is -0.120. The molecule has 16 heavy (non-hydrogen) atoms. The molecule has 1 aliphatic carbocycles. The van der Waals surface area contributed by atoms with E-state index in [2.05, 4.69) is 11.9 Å². The molecule has 94 valence electrons. The van der Waals surface area contributed by atoms with Gasteiger partial charge in [-0.3, -0.25) is 0 Å². The average molecular weight is 226 g/mol. The van der Waals surface area contributed by atoms with E-state index in [0.29, 0.717) is 0 Å². The van der Waals surface area contributed by atoms with Crippen LogP contribution in [0, 0.1) is 5.92 Å². The van der Waals surface area contributed by atoms with Gasteiger partial charge in [-0.15, -0.1) is 0 Å². The first-order valence-corrected chi connectivity index (χ1v) is 6.73. The van der Waals surface area contributed by atoms with E-state index in [1.165, 1.54) is 45.1 Å². The number of rotatable bonds is 5. The zero-order chi connectivity index (χ0) is 11.4. The van der Waals surface area contributed by atoms with E-state index in [4.69, 9.17) is 10.5 Å². The Morgan fingerprint density at radius 1 is 1.31 bits per heavy atom. The Kier molecular flexibility index (Phi) is 4.22. The second kappa shape index (κ2) is 5.48. The molecule has 2 fully saturated rings. The SMILES string of the molecule is CN(CCC1(N)CCC1)CC1CCOCC1. The topological polar surface area (TPSA) is 38.5 Å². The van der Waals surface area contributed by atoms with Crippen molar-refractivity contribution < 1.29 is 4.74 Å². The monoisotopic (exact) mass is 226 g/mol. The van der Waals surface area contributed by atoms with E-state index in [1.807, 2.05) is 0 Å². The Labute approximate surface area is 99.3 Å². The van der Waals surface area contributed by atoms with Gasteiger partial charge in [0, 0.05) is 25.3 Å². The van der Waals surface area contributed by atoms with Crippen molar-refractivity contribution in [2.75, 3.05) is 33.4 Å². The molecule has 1 heterocycles. The summed E-state index contributed by atoms with van der Waals surface area (Å²) < 4.78 is 5.38. The Bertz CT molecular complexity index is 210. The first-order valence-electron chi connectivity index (χ1n) is 6.73. The van der Waals surface area contributed by atoms with Crippen LogP contribution in [0.3, 0.4) is 0 Å². The molecule has 0 aromatic carbocycles. The zero-order valence-corrected chi connectivity index (χ0v) is 10.6. The summed E-state index contributed by atoms with van der Waals surface area (Å²) in [5.74, 6) is 0.842. The molecule has 1 saturated heterocycles. The van der Waals surface area contributed by atoms with Crippen molar-refractivity contribution >= 4 is 0 Å². The molecule has 1 aliphatic heterocycles. The van der Waals surface area contributed by atoms with Gasteiger partial charge in [-0.25, -0.2) is 0 Å². The van der Waals surface area contributed by atoms with E-state index in [-0.39, 0.29) is 5.54 Å². The summed E-state index contributed by atoms with van der Waals surface area (Å²) in [7, 11) is 2.23. The Morgan fingerprint density at radius 2 is 2.00 bits per heavy atom. The molecule has 3 nitrogen and oxygen atoms in total. The third kappa shape index (κ3) is 3.44. The van der Waals surface area contributed by atoms with Crippen molar-refractivity contribution in [1.82, 2.24) is 4.90 Å². The maximum absolute atomic E-state index is 6.24. The highest BCUT2D eigenvalue weighted by atomic mass is 16.5. The van der Waals surface area contributed by atoms with Crippen LogP contribution in [0.25, 0.3) is 0 Å². The second-order valence-corrected chi connectivity index (χ2v) is 5.78. The molecule has 0 spiro atoms. The van der Waals surface area contributed by atoms with Crippen LogP contribution in [0.2, 0.25) is 0 Å². The largest absolute Gasteiger partial charge is 0.381 e. The highest BCUT2D eigenvalue weighted by molar-refractivity contribution is 4.92. The minimum atomic E-state index is 0.184. The van der Waals surface area contributed by atoms with Gasteiger partial charge in [0.25, 0.3) is 0 Å². The molecular formula is C13H26N2O. The minimum Gasteiger partial charge on any atom is -0.381 e. The molecule has 0 unspecified atom stereocenters. The maximum Gasteiger partial charge on any atom is 0.0469 e. The van der Waals surface area contributed by atoms with Crippen LogP contribution in [-0.2, 0) is 4.74 Å². The number of nitrogens with two attached hydrogens (primary N) is 1. The normalized spacial score (nSPS) is 25.7. The fourth-order valence-corrected chi connectivity index (χ4v) is 2.76. The van der Waals surface area contributed by atoms with Gasteiger partial charge < -0.3 is 15.4 Å². The third-order valence-corrected chi connectivity index (χ3v) is 4.25. The van der Waals surface area contributed by atoms with E-state index in [0.717, 1.165) is 25.7 Å². The van der Waals surface area contributed by atoms with E-state index >= 15 is 0 Å². The van der Waals surface area contributed by atoms with Crippen LogP contribution in [-0.4, -0.2) is 43.8 Å². The quantitative estimate of drug-likeness (QED) is 0.774. The van der Waals surface area contributed by atoms with E-state index in [1.54, 1.807) is 0 Å². The standard InChI is InChI=1S/C13H26N2O/c1-15(8-7-13(14)5-2-6-13)11-12-3-9-16-10-4-12/h12H,2-11,14H2,1H3. The van der Waals surface area contributed by atoms with Crippen LogP contribution in [0.4, 0.5) is 0 Å². The lowest BCUT2D eigenvalue weighted by Gasteiger charge is -2.39. The molecule has 2 aliphatic rings. The van der Waals surface area contributed by atoms with Crippen LogP contribution in [0.5, 0.6) is 0 Å². The van der Waals surface area contributed by atoms with Crippen LogP contribution in [0.1, 0.15) is 38.5 Å². The molecule has 0 aromatic heterocycles. The number of ether oxygens (including phenoxy) is 1. The maximum atomic E-state index is 6.24. The van der Waals surface area contributed by atoms with Gasteiger partial charge in [0.2, 0.25) is 0 Å². The summed E-state index contributed by atoms with van der Waals surface area (Å²) in [4.78, 5) is 2.46. The van der Waals surface area contributed by atoms with Gasteiger partial charge in [-0.1, -0.05) is 0 Å². The fourth-order valence-electron chi connectivity index (χ4n) is 2.76. The predicted octanol–water partition coefficient (Wildman–Crippen LogP) is 1.62. The average Bonchev–Trinajstić information content (AvgIpc) is 2.25. The predicted molar refractivity (Wildman–Crippen MR) is 66.4 cm³/mol. The summed E-state index contributed by atoms with van der Waals surface area (Å²) in [5.41, 5.74) is 6.42. The van der Waals surface area contributed by atoms with Crippen molar-refractivity contribution in [3.63, 3.8) is 0 Å². The third-order valence-electron chi connectivity index (χ3n) is 4.25. The van der Waals surface area contributed by atoms with Crippen molar-refractivity contribution in [2.24, 2.45) is 11.7 Å². The molecular weight excluding hydrogens is 200 g/mol. The molecule has 0 bridgehead atoms. The molecule has 1 saturated carbocycles. The lowest BCUT2D eigenvalue weighted by molar-refractivity contribution is 0.0541. The molecule has 0 aromatic rings. The van der Waals surface area contributed by atoms with Crippen molar-refractivity contribution in [2.45, 2.75) is 44.1 Å². The van der Waals surface area contributed by atoms with Gasteiger partial charge in [0.1, 0.15) is 0 Å². The van der Waals surface area contributed by atoms with E-state index < -0.39 is 0 Å². The number of nitrogens with zero attached hydrogens (tertiary/aromatic N) is 1. The summed E-state index contributed by atoms with van der Waals surface area (Å²) in [6.07, 6.45) is 7.44. The Balaban J connectivity index is 1.61. The van der Waals surface area contributed by atoms with Crippen molar-refractivity contribution in [1.29, 1.82) is 0 Å². The molecule has 0 radical (unpaired) electrons. The second-order valence-electron chi connectivity index (χ2n) is 5.78. The van der Waals surface area contributed by atoms with Crippen LogP contribution < -0.4 is 5.73 Å².